The molecule has 21 heavy (non-hydrogen) atoms. The smallest absolute Gasteiger partial charge is 0.223 e. The molecular formula is C15H21N5O. The zero-order valence-electron chi connectivity index (χ0n) is 12.0. The number of carbonyl (C=O) groups excluding carboxylic acids is 1. The lowest BCUT2D eigenvalue weighted by atomic mass is 10.1. The van der Waals surface area contributed by atoms with Crippen LogP contribution in [0.25, 0.3) is 0 Å². The Labute approximate surface area is 124 Å². The van der Waals surface area contributed by atoms with E-state index in [1.807, 2.05) is 23.1 Å². The quantitative estimate of drug-likeness (QED) is 0.750. The largest absolute Gasteiger partial charge is 0.341 e. The van der Waals surface area contributed by atoms with Crippen molar-refractivity contribution >= 4 is 5.91 Å². The molecule has 0 fully saturated rings. The molecule has 1 amide bonds. The zero-order valence-corrected chi connectivity index (χ0v) is 12.0. The van der Waals surface area contributed by atoms with Crippen molar-refractivity contribution in [1.82, 2.24) is 20.1 Å². The van der Waals surface area contributed by atoms with Crippen LogP contribution >= 0.6 is 0 Å². The van der Waals surface area contributed by atoms with Crippen LogP contribution in [0.4, 0.5) is 0 Å². The SMILES string of the molecule is NCCN(CCc1ccccc1)C(=O)CCc1ncn[nH]1. The Morgan fingerprint density at radius 1 is 1.19 bits per heavy atom. The fourth-order valence-electron chi connectivity index (χ4n) is 2.16. The van der Waals surface area contributed by atoms with Gasteiger partial charge in [-0.15, -0.1) is 0 Å². The summed E-state index contributed by atoms with van der Waals surface area (Å²) in [5.74, 6) is 0.840. The van der Waals surface area contributed by atoms with Crippen LogP contribution in [0.1, 0.15) is 17.8 Å². The molecule has 0 aliphatic heterocycles. The average Bonchev–Trinajstić information content (AvgIpc) is 3.03. The first-order valence-corrected chi connectivity index (χ1v) is 7.15. The number of H-pyrrole nitrogens is 1. The summed E-state index contributed by atoms with van der Waals surface area (Å²) in [7, 11) is 0. The fourth-order valence-corrected chi connectivity index (χ4v) is 2.16. The number of nitrogens with two attached hydrogens (primary N) is 1. The first kappa shape index (κ1) is 15.2. The van der Waals surface area contributed by atoms with E-state index < -0.39 is 0 Å². The van der Waals surface area contributed by atoms with Crippen molar-refractivity contribution in [2.75, 3.05) is 19.6 Å². The highest BCUT2D eigenvalue weighted by atomic mass is 16.2. The fraction of sp³-hybridized carbons (Fsp3) is 0.400. The lowest BCUT2D eigenvalue weighted by Crippen LogP contribution is -2.37. The number of hydrogen-bond donors (Lipinski definition) is 2. The molecule has 6 heteroatoms. The third-order valence-corrected chi connectivity index (χ3v) is 3.31. The number of aromatic amines is 1. The average molecular weight is 287 g/mol. The number of rotatable bonds is 8. The Morgan fingerprint density at radius 3 is 2.67 bits per heavy atom. The molecule has 3 N–H and O–H groups in total. The Bertz CT molecular complexity index is 526. The highest BCUT2D eigenvalue weighted by molar-refractivity contribution is 5.76. The first-order chi connectivity index (χ1) is 10.3. The number of hydrogen-bond acceptors (Lipinski definition) is 4. The van der Waals surface area contributed by atoms with Gasteiger partial charge < -0.3 is 10.6 Å². The number of aromatic nitrogens is 3. The first-order valence-electron chi connectivity index (χ1n) is 7.15. The van der Waals surface area contributed by atoms with Crippen molar-refractivity contribution in [3.63, 3.8) is 0 Å². The van der Waals surface area contributed by atoms with Crippen LogP contribution < -0.4 is 5.73 Å². The summed E-state index contributed by atoms with van der Waals surface area (Å²) in [5.41, 5.74) is 6.83. The number of nitrogens with zero attached hydrogens (tertiary/aromatic N) is 3. The maximum absolute atomic E-state index is 12.3. The summed E-state index contributed by atoms with van der Waals surface area (Å²) in [5, 5.41) is 6.54. The molecule has 1 aromatic heterocycles. The third kappa shape index (κ3) is 5.00. The molecule has 112 valence electrons. The molecule has 1 heterocycles. The molecular weight excluding hydrogens is 266 g/mol. The zero-order chi connectivity index (χ0) is 14.9. The molecule has 0 aliphatic rings. The minimum Gasteiger partial charge on any atom is -0.341 e. The van der Waals surface area contributed by atoms with Gasteiger partial charge in [-0.2, -0.15) is 5.10 Å². The van der Waals surface area contributed by atoms with Crippen LogP contribution in [0, 0.1) is 0 Å². The van der Waals surface area contributed by atoms with E-state index in [0.29, 0.717) is 32.5 Å². The van der Waals surface area contributed by atoms with Gasteiger partial charge in [-0.1, -0.05) is 30.3 Å². The maximum Gasteiger partial charge on any atom is 0.223 e. The normalized spacial score (nSPS) is 10.5. The third-order valence-electron chi connectivity index (χ3n) is 3.31. The predicted molar refractivity (Wildman–Crippen MR) is 80.5 cm³/mol. The van der Waals surface area contributed by atoms with Gasteiger partial charge in [0.05, 0.1) is 0 Å². The second-order valence-corrected chi connectivity index (χ2v) is 4.84. The topological polar surface area (TPSA) is 87.9 Å². The minimum atomic E-state index is 0.104. The number of nitrogens with one attached hydrogen (secondary N) is 1. The van der Waals surface area contributed by atoms with Gasteiger partial charge in [-0.3, -0.25) is 9.89 Å². The van der Waals surface area contributed by atoms with E-state index in [4.69, 9.17) is 5.73 Å². The van der Waals surface area contributed by atoms with Crippen LogP contribution in [-0.2, 0) is 17.6 Å². The van der Waals surface area contributed by atoms with E-state index in [1.165, 1.54) is 11.9 Å². The van der Waals surface area contributed by atoms with Gasteiger partial charge >= 0.3 is 0 Å². The van der Waals surface area contributed by atoms with E-state index in [9.17, 15) is 4.79 Å². The molecule has 1 aromatic carbocycles. The molecule has 0 atom stereocenters. The minimum absolute atomic E-state index is 0.104. The number of carbonyl (C=O) groups is 1. The van der Waals surface area contributed by atoms with Crippen molar-refractivity contribution in [3.8, 4) is 0 Å². The van der Waals surface area contributed by atoms with Crippen molar-refractivity contribution < 1.29 is 4.79 Å². The monoisotopic (exact) mass is 287 g/mol. The second kappa shape index (κ2) is 8.16. The van der Waals surface area contributed by atoms with Crippen LogP contribution in [0.15, 0.2) is 36.7 Å². The van der Waals surface area contributed by atoms with Gasteiger partial charge in [0.25, 0.3) is 0 Å². The predicted octanol–water partition coefficient (Wildman–Crippen LogP) is 0.767. The molecule has 0 aliphatic carbocycles. The molecule has 0 saturated carbocycles. The summed E-state index contributed by atoms with van der Waals surface area (Å²) in [6.07, 6.45) is 3.29. The Hall–Kier alpha value is -2.21. The molecule has 2 aromatic rings. The summed E-state index contributed by atoms with van der Waals surface area (Å²) >= 11 is 0. The number of benzene rings is 1. The van der Waals surface area contributed by atoms with E-state index in [1.54, 1.807) is 0 Å². The van der Waals surface area contributed by atoms with Crippen molar-refractivity contribution in [3.05, 3.63) is 48.0 Å². The van der Waals surface area contributed by atoms with Gasteiger partial charge in [0.1, 0.15) is 12.2 Å². The van der Waals surface area contributed by atoms with Crippen molar-refractivity contribution in [2.45, 2.75) is 19.3 Å². The lowest BCUT2D eigenvalue weighted by Gasteiger charge is -2.22. The summed E-state index contributed by atoms with van der Waals surface area (Å²) in [4.78, 5) is 18.1. The van der Waals surface area contributed by atoms with E-state index in [0.717, 1.165) is 12.2 Å². The molecule has 0 unspecified atom stereocenters. The van der Waals surface area contributed by atoms with Crippen molar-refractivity contribution in [2.24, 2.45) is 5.73 Å². The van der Waals surface area contributed by atoms with Crippen molar-refractivity contribution in [1.29, 1.82) is 0 Å². The van der Waals surface area contributed by atoms with E-state index in [2.05, 4.69) is 27.3 Å². The Kier molecular flexibility index (Phi) is 5.90. The second-order valence-electron chi connectivity index (χ2n) is 4.84. The van der Waals surface area contributed by atoms with Gasteiger partial charge in [-0.05, 0) is 12.0 Å². The van der Waals surface area contributed by atoms with Gasteiger partial charge in [-0.25, -0.2) is 4.98 Å². The lowest BCUT2D eigenvalue weighted by molar-refractivity contribution is -0.131. The molecule has 2 rings (SSSR count). The molecule has 0 spiro atoms. The van der Waals surface area contributed by atoms with Crippen LogP contribution in [0.5, 0.6) is 0 Å². The van der Waals surface area contributed by atoms with E-state index in [-0.39, 0.29) is 5.91 Å². The van der Waals surface area contributed by atoms with Gasteiger partial charge in [0.2, 0.25) is 5.91 Å². The summed E-state index contributed by atoms with van der Waals surface area (Å²) in [6, 6.07) is 10.1. The standard InChI is InChI=1S/C15H21N5O/c16-9-11-20(10-8-13-4-2-1-3-5-13)15(21)7-6-14-17-12-18-19-14/h1-5,12H,6-11,16H2,(H,17,18,19). The Balaban J connectivity index is 1.83. The molecule has 0 radical (unpaired) electrons. The number of amides is 1. The molecule has 6 nitrogen and oxygen atoms in total. The highest BCUT2D eigenvalue weighted by Gasteiger charge is 2.13. The van der Waals surface area contributed by atoms with Gasteiger partial charge in [0, 0.05) is 32.5 Å². The van der Waals surface area contributed by atoms with Crippen LogP contribution in [0.3, 0.4) is 0 Å². The maximum atomic E-state index is 12.3. The molecule has 0 saturated heterocycles. The number of aryl methyl sites for hydroxylation is 1. The summed E-state index contributed by atoms with van der Waals surface area (Å²) in [6.45, 7) is 1.75. The van der Waals surface area contributed by atoms with Crippen LogP contribution in [-0.4, -0.2) is 45.6 Å². The highest BCUT2D eigenvalue weighted by Crippen LogP contribution is 2.04. The van der Waals surface area contributed by atoms with Gasteiger partial charge in [0.15, 0.2) is 0 Å². The van der Waals surface area contributed by atoms with E-state index >= 15 is 0 Å². The Morgan fingerprint density at radius 2 is 2.00 bits per heavy atom. The molecule has 0 bridgehead atoms. The van der Waals surface area contributed by atoms with Crippen LogP contribution in [0.2, 0.25) is 0 Å². The summed E-state index contributed by atoms with van der Waals surface area (Å²) < 4.78 is 0.